The minimum Gasteiger partial charge on any atom is -0.397 e. The molecule has 0 atom stereocenters. The number of carbonyl (C=O) groups excluding carboxylic acids is 2. The van der Waals surface area contributed by atoms with Crippen molar-refractivity contribution in [3.63, 3.8) is 0 Å². The molecule has 0 aliphatic heterocycles. The lowest BCUT2D eigenvalue weighted by Gasteiger charge is -2.28. The zero-order chi connectivity index (χ0) is 15.9. The lowest BCUT2D eigenvalue weighted by atomic mass is 9.82. The molecule has 6 heteroatoms. The maximum atomic E-state index is 12.2. The van der Waals surface area contributed by atoms with Gasteiger partial charge in [-0.3, -0.25) is 14.6 Å². The predicted octanol–water partition coefficient (Wildman–Crippen LogP) is 1.26. The molecule has 1 aliphatic rings. The summed E-state index contributed by atoms with van der Waals surface area (Å²) in [5.41, 5.74) is 12.0. The highest BCUT2D eigenvalue weighted by Crippen LogP contribution is 2.28. The number of aromatic nitrogens is 1. The van der Waals surface area contributed by atoms with Gasteiger partial charge in [0.05, 0.1) is 11.9 Å². The van der Waals surface area contributed by atoms with Crippen LogP contribution in [0.2, 0.25) is 0 Å². The average molecular weight is 304 g/mol. The molecule has 5 N–H and O–H groups in total. The highest BCUT2D eigenvalue weighted by atomic mass is 16.1. The van der Waals surface area contributed by atoms with Crippen molar-refractivity contribution in [2.24, 2.45) is 11.7 Å². The van der Waals surface area contributed by atoms with E-state index in [0.717, 1.165) is 25.7 Å². The van der Waals surface area contributed by atoms with Gasteiger partial charge in [-0.1, -0.05) is 0 Å². The molecule has 0 bridgehead atoms. The van der Waals surface area contributed by atoms with E-state index >= 15 is 0 Å². The molecule has 1 heterocycles. The van der Waals surface area contributed by atoms with Crippen LogP contribution in [0.3, 0.4) is 0 Å². The van der Waals surface area contributed by atoms with E-state index in [9.17, 15) is 9.59 Å². The Kier molecular flexibility index (Phi) is 5.89. The van der Waals surface area contributed by atoms with Gasteiger partial charge in [-0.15, -0.1) is 0 Å². The van der Waals surface area contributed by atoms with E-state index in [1.807, 2.05) is 0 Å². The van der Waals surface area contributed by atoms with Gasteiger partial charge in [-0.05, 0) is 43.7 Å². The van der Waals surface area contributed by atoms with Crippen molar-refractivity contribution in [2.75, 3.05) is 12.3 Å². The fourth-order valence-corrected chi connectivity index (χ4v) is 2.88. The predicted molar refractivity (Wildman–Crippen MR) is 85.2 cm³/mol. The first-order valence-corrected chi connectivity index (χ1v) is 7.82. The summed E-state index contributed by atoms with van der Waals surface area (Å²) in [5, 5.41) is 3.00. The van der Waals surface area contributed by atoms with Gasteiger partial charge < -0.3 is 16.8 Å². The van der Waals surface area contributed by atoms with Gasteiger partial charge in [0.2, 0.25) is 5.91 Å². The molecule has 0 unspecified atom stereocenters. The molecular formula is C16H24N4O2. The Morgan fingerprint density at radius 3 is 2.55 bits per heavy atom. The Bertz CT molecular complexity index is 507. The van der Waals surface area contributed by atoms with Crippen molar-refractivity contribution >= 4 is 17.4 Å². The normalized spacial score (nSPS) is 21.3. The van der Waals surface area contributed by atoms with Crippen LogP contribution in [0.5, 0.6) is 0 Å². The molecule has 0 aromatic carbocycles. The molecule has 0 spiro atoms. The molecule has 120 valence electrons. The first-order chi connectivity index (χ1) is 10.6. The SMILES string of the molecule is NCCC(=O)NC1CCC(CC(=O)c2ccc(N)cn2)CC1. The van der Waals surface area contributed by atoms with Crippen LogP contribution in [0.1, 0.15) is 49.0 Å². The third kappa shape index (κ3) is 4.80. The number of hydrogen-bond acceptors (Lipinski definition) is 5. The standard InChI is InChI=1S/C16H24N4O2/c17-8-7-16(22)20-13-4-1-11(2-5-13)9-15(21)14-6-3-12(18)10-19-14/h3,6,10-11,13H,1-2,4-5,7-9,17-18H2,(H,20,22). The van der Waals surface area contributed by atoms with Crippen LogP contribution < -0.4 is 16.8 Å². The third-order valence-electron chi connectivity index (χ3n) is 4.13. The summed E-state index contributed by atoms with van der Waals surface area (Å²) >= 11 is 0. The number of anilines is 1. The second-order valence-corrected chi connectivity index (χ2v) is 5.93. The van der Waals surface area contributed by atoms with Crippen molar-refractivity contribution in [1.82, 2.24) is 10.3 Å². The summed E-state index contributed by atoms with van der Waals surface area (Å²) in [7, 11) is 0. The van der Waals surface area contributed by atoms with E-state index in [4.69, 9.17) is 11.5 Å². The summed E-state index contributed by atoms with van der Waals surface area (Å²) in [6, 6.07) is 3.60. The van der Waals surface area contributed by atoms with Gasteiger partial charge in [0, 0.05) is 25.4 Å². The Balaban J connectivity index is 1.76. The number of hydrogen-bond donors (Lipinski definition) is 3. The fourth-order valence-electron chi connectivity index (χ4n) is 2.88. The molecule has 1 aliphatic carbocycles. The average Bonchev–Trinajstić information content (AvgIpc) is 2.50. The van der Waals surface area contributed by atoms with Crippen molar-refractivity contribution in [3.8, 4) is 0 Å². The molecule has 1 amide bonds. The second kappa shape index (κ2) is 7.89. The Morgan fingerprint density at radius 2 is 1.95 bits per heavy atom. The quantitative estimate of drug-likeness (QED) is 0.685. The lowest BCUT2D eigenvalue weighted by molar-refractivity contribution is -0.121. The molecule has 1 aromatic rings. The summed E-state index contributed by atoms with van der Waals surface area (Å²) in [5.74, 6) is 0.457. The van der Waals surface area contributed by atoms with E-state index in [1.165, 1.54) is 6.20 Å². The van der Waals surface area contributed by atoms with Gasteiger partial charge >= 0.3 is 0 Å². The fraction of sp³-hybridized carbons (Fsp3) is 0.562. The van der Waals surface area contributed by atoms with Crippen LogP contribution >= 0.6 is 0 Å². The van der Waals surface area contributed by atoms with Crippen LogP contribution in [0.4, 0.5) is 5.69 Å². The Hall–Kier alpha value is -1.95. The monoisotopic (exact) mass is 304 g/mol. The number of pyridine rings is 1. The molecule has 0 saturated heterocycles. The van der Waals surface area contributed by atoms with Crippen LogP contribution in [0.15, 0.2) is 18.3 Å². The Labute approximate surface area is 130 Å². The summed E-state index contributed by atoms with van der Waals surface area (Å²) < 4.78 is 0. The van der Waals surface area contributed by atoms with E-state index in [2.05, 4.69) is 10.3 Å². The van der Waals surface area contributed by atoms with Crippen molar-refractivity contribution in [1.29, 1.82) is 0 Å². The van der Waals surface area contributed by atoms with Gasteiger partial charge in [0.1, 0.15) is 5.69 Å². The number of nitrogens with two attached hydrogens (primary N) is 2. The van der Waals surface area contributed by atoms with Crippen molar-refractivity contribution in [2.45, 2.75) is 44.6 Å². The molecule has 6 nitrogen and oxygen atoms in total. The van der Waals surface area contributed by atoms with E-state index in [1.54, 1.807) is 12.1 Å². The first kappa shape index (κ1) is 16.4. The molecular weight excluding hydrogens is 280 g/mol. The smallest absolute Gasteiger partial charge is 0.221 e. The van der Waals surface area contributed by atoms with Crippen LogP contribution in [-0.4, -0.2) is 29.3 Å². The van der Waals surface area contributed by atoms with Gasteiger partial charge in [0.25, 0.3) is 0 Å². The minimum absolute atomic E-state index is 0.0214. The van der Waals surface area contributed by atoms with E-state index < -0.39 is 0 Å². The van der Waals surface area contributed by atoms with Crippen molar-refractivity contribution < 1.29 is 9.59 Å². The first-order valence-electron chi connectivity index (χ1n) is 7.82. The number of nitrogens with zero attached hydrogens (tertiary/aromatic N) is 1. The van der Waals surface area contributed by atoms with Crippen molar-refractivity contribution in [3.05, 3.63) is 24.0 Å². The number of nitrogen functional groups attached to an aromatic ring is 1. The van der Waals surface area contributed by atoms with E-state index in [0.29, 0.717) is 36.7 Å². The number of amides is 1. The van der Waals surface area contributed by atoms with E-state index in [-0.39, 0.29) is 17.7 Å². The van der Waals surface area contributed by atoms with Crippen LogP contribution in [0, 0.1) is 5.92 Å². The molecule has 22 heavy (non-hydrogen) atoms. The topological polar surface area (TPSA) is 111 Å². The minimum atomic E-state index is 0.0214. The zero-order valence-electron chi connectivity index (χ0n) is 12.8. The number of ketones is 1. The zero-order valence-corrected chi connectivity index (χ0v) is 12.8. The molecule has 2 rings (SSSR count). The van der Waals surface area contributed by atoms with Gasteiger partial charge in [-0.2, -0.15) is 0 Å². The molecule has 1 fully saturated rings. The lowest BCUT2D eigenvalue weighted by Crippen LogP contribution is -2.38. The summed E-state index contributed by atoms with van der Waals surface area (Å²) in [6.45, 7) is 0.379. The highest BCUT2D eigenvalue weighted by Gasteiger charge is 2.24. The number of carbonyl (C=O) groups is 2. The maximum absolute atomic E-state index is 12.2. The third-order valence-corrected chi connectivity index (χ3v) is 4.13. The van der Waals surface area contributed by atoms with Gasteiger partial charge in [-0.25, -0.2) is 0 Å². The highest BCUT2D eigenvalue weighted by molar-refractivity contribution is 5.94. The maximum Gasteiger partial charge on any atom is 0.221 e. The van der Waals surface area contributed by atoms with Crippen LogP contribution in [0.25, 0.3) is 0 Å². The number of Topliss-reactive ketones (excluding diaryl/α,β-unsaturated/α-hetero) is 1. The number of nitrogens with one attached hydrogen (secondary N) is 1. The summed E-state index contributed by atoms with van der Waals surface area (Å²) in [4.78, 5) is 27.8. The second-order valence-electron chi connectivity index (χ2n) is 5.93. The van der Waals surface area contributed by atoms with Crippen LogP contribution in [-0.2, 0) is 4.79 Å². The molecule has 1 saturated carbocycles. The Morgan fingerprint density at radius 1 is 1.23 bits per heavy atom. The summed E-state index contributed by atoms with van der Waals surface area (Å²) in [6.07, 6.45) is 6.15. The molecule has 0 radical (unpaired) electrons. The molecule has 1 aromatic heterocycles. The number of rotatable bonds is 6. The van der Waals surface area contributed by atoms with Gasteiger partial charge in [0.15, 0.2) is 5.78 Å². The largest absolute Gasteiger partial charge is 0.397 e.